The van der Waals surface area contributed by atoms with E-state index in [9.17, 15) is 0 Å². The first-order valence-electron chi connectivity index (χ1n) is 7.92. The zero-order chi connectivity index (χ0) is 14.6. The molecule has 0 unspecified atom stereocenters. The number of ether oxygens (including phenoxy) is 1. The summed E-state index contributed by atoms with van der Waals surface area (Å²) in [6.45, 7) is 12.2. The Morgan fingerprint density at radius 1 is 1.35 bits per heavy atom. The van der Waals surface area contributed by atoms with Crippen LogP contribution in [0.25, 0.3) is 0 Å². The summed E-state index contributed by atoms with van der Waals surface area (Å²) in [6, 6.07) is 4.01. The molecule has 0 spiro atoms. The van der Waals surface area contributed by atoms with E-state index in [-0.39, 0.29) is 5.60 Å². The van der Waals surface area contributed by atoms with Gasteiger partial charge < -0.3 is 14.5 Å². The van der Waals surface area contributed by atoms with E-state index in [1.807, 2.05) is 12.1 Å². The van der Waals surface area contributed by atoms with Crippen LogP contribution in [0, 0.1) is 11.3 Å². The van der Waals surface area contributed by atoms with Crippen LogP contribution in [0.2, 0.25) is 0 Å². The highest BCUT2D eigenvalue weighted by Gasteiger charge is 2.42. The normalized spacial score (nSPS) is 26.1. The van der Waals surface area contributed by atoms with Crippen molar-refractivity contribution in [2.45, 2.75) is 59.1 Å². The number of hydrogen-bond acceptors (Lipinski definition) is 2. The van der Waals surface area contributed by atoms with Gasteiger partial charge in [0.05, 0.1) is 18.4 Å². The Hall–Kier alpha value is -0.800. The van der Waals surface area contributed by atoms with Gasteiger partial charge >= 0.3 is 0 Å². The first kappa shape index (κ1) is 15.6. The molecule has 1 fully saturated rings. The fourth-order valence-corrected chi connectivity index (χ4v) is 3.58. The Balaban J connectivity index is 1.86. The molecule has 1 aromatic rings. The highest BCUT2D eigenvalue weighted by Crippen LogP contribution is 2.46. The lowest BCUT2D eigenvalue weighted by atomic mass is 9.65. The molecule has 1 aliphatic heterocycles. The van der Waals surface area contributed by atoms with Gasteiger partial charge in [-0.2, -0.15) is 0 Å². The van der Waals surface area contributed by atoms with Gasteiger partial charge in [0.1, 0.15) is 6.54 Å². The van der Waals surface area contributed by atoms with Crippen LogP contribution in [0.1, 0.15) is 52.7 Å². The second-order valence-corrected chi connectivity index (χ2v) is 7.16. The average Bonchev–Trinajstić information content (AvgIpc) is 2.86. The third-order valence-electron chi connectivity index (χ3n) is 4.87. The Morgan fingerprint density at radius 3 is 2.75 bits per heavy atom. The Bertz CT molecular complexity index is 397. The summed E-state index contributed by atoms with van der Waals surface area (Å²) in [5.41, 5.74) is 0.463. The van der Waals surface area contributed by atoms with E-state index in [0.717, 1.165) is 25.5 Å². The number of rotatable bonds is 6. The molecule has 114 valence electrons. The molecule has 0 aliphatic carbocycles. The Morgan fingerprint density at radius 2 is 2.15 bits per heavy atom. The second kappa shape index (κ2) is 6.31. The molecule has 20 heavy (non-hydrogen) atoms. The molecule has 2 heterocycles. The fraction of sp³-hybridized carbons (Fsp3) is 0.765. The van der Waals surface area contributed by atoms with Crippen LogP contribution in [0.15, 0.2) is 22.8 Å². The third kappa shape index (κ3) is 3.86. The van der Waals surface area contributed by atoms with Crippen LogP contribution in [-0.2, 0) is 11.3 Å². The summed E-state index contributed by atoms with van der Waals surface area (Å²) < 4.78 is 11.3. The first-order chi connectivity index (χ1) is 9.44. The van der Waals surface area contributed by atoms with Gasteiger partial charge in [0.2, 0.25) is 0 Å². The summed E-state index contributed by atoms with van der Waals surface area (Å²) in [4.78, 5) is 0. The van der Waals surface area contributed by atoms with Crippen LogP contribution < -0.4 is 5.32 Å². The quantitative estimate of drug-likeness (QED) is 0.814. The number of nitrogens with two attached hydrogens (primary N) is 1. The Kier molecular flexibility index (Phi) is 4.92. The molecule has 1 saturated heterocycles. The zero-order valence-corrected chi connectivity index (χ0v) is 13.4. The molecule has 0 radical (unpaired) electrons. The lowest BCUT2D eigenvalue weighted by Crippen LogP contribution is -2.83. The minimum absolute atomic E-state index is 0.0313. The van der Waals surface area contributed by atoms with Crippen molar-refractivity contribution in [3.8, 4) is 0 Å². The highest BCUT2D eigenvalue weighted by atomic mass is 16.5. The van der Waals surface area contributed by atoms with Crippen LogP contribution >= 0.6 is 0 Å². The molecule has 3 nitrogen and oxygen atoms in total. The van der Waals surface area contributed by atoms with Gasteiger partial charge in [-0.1, -0.05) is 13.8 Å². The van der Waals surface area contributed by atoms with Crippen LogP contribution in [0.4, 0.5) is 0 Å². The number of quaternary nitrogens is 1. The molecule has 1 aliphatic rings. The number of hydrogen-bond donors (Lipinski definition) is 1. The average molecular weight is 280 g/mol. The largest absolute Gasteiger partial charge is 0.463 e. The van der Waals surface area contributed by atoms with E-state index in [4.69, 9.17) is 9.15 Å². The lowest BCUT2D eigenvalue weighted by Gasteiger charge is -2.47. The third-order valence-corrected chi connectivity index (χ3v) is 4.87. The van der Waals surface area contributed by atoms with Gasteiger partial charge in [-0.05, 0) is 50.2 Å². The minimum Gasteiger partial charge on any atom is -0.463 e. The van der Waals surface area contributed by atoms with Crippen LogP contribution in [-0.4, -0.2) is 18.8 Å². The molecule has 1 atom stereocenters. The molecule has 2 rings (SSSR count). The van der Waals surface area contributed by atoms with Crippen LogP contribution in [0.5, 0.6) is 0 Å². The predicted octanol–water partition coefficient (Wildman–Crippen LogP) is 2.96. The summed E-state index contributed by atoms with van der Waals surface area (Å²) in [6.07, 6.45) is 5.38. The van der Waals surface area contributed by atoms with E-state index in [1.165, 1.54) is 19.3 Å². The van der Waals surface area contributed by atoms with E-state index in [2.05, 4.69) is 33.0 Å². The molecule has 3 heteroatoms. The monoisotopic (exact) mass is 280 g/mol. The molecular weight excluding hydrogens is 250 g/mol. The molecular formula is C17H30NO2+. The van der Waals surface area contributed by atoms with Crippen molar-refractivity contribution >= 4 is 0 Å². The van der Waals surface area contributed by atoms with Crippen molar-refractivity contribution in [1.29, 1.82) is 0 Å². The maximum absolute atomic E-state index is 5.91. The second-order valence-electron chi connectivity index (χ2n) is 7.16. The topological polar surface area (TPSA) is 39.0 Å². The van der Waals surface area contributed by atoms with E-state index in [0.29, 0.717) is 11.3 Å². The summed E-state index contributed by atoms with van der Waals surface area (Å²) in [5, 5.41) is 2.37. The maximum Gasteiger partial charge on any atom is 0.157 e. The van der Waals surface area contributed by atoms with Gasteiger partial charge in [-0.3, -0.25) is 0 Å². The molecule has 0 amide bonds. The van der Waals surface area contributed by atoms with Crippen LogP contribution in [0.3, 0.4) is 0 Å². The molecule has 0 aromatic carbocycles. The van der Waals surface area contributed by atoms with Crippen molar-refractivity contribution < 1.29 is 14.5 Å². The summed E-state index contributed by atoms with van der Waals surface area (Å²) >= 11 is 0. The van der Waals surface area contributed by atoms with Crippen molar-refractivity contribution in [2.75, 3.05) is 13.2 Å². The maximum atomic E-state index is 5.91. The van der Waals surface area contributed by atoms with E-state index < -0.39 is 0 Å². The van der Waals surface area contributed by atoms with Gasteiger partial charge in [-0.15, -0.1) is 0 Å². The van der Waals surface area contributed by atoms with E-state index >= 15 is 0 Å². The van der Waals surface area contributed by atoms with Gasteiger partial charge in [-0.25, -0.2) is 0 Å². The first-order valence-corrected chi connectivity index (χ1v) is 7.92. The smallest absolute Gasteiger partial charge is 0.157 e. The van der Waals surface area contributed by atoms with E-state index in [1.54, 1.807) is 6.26 Å². The standard InChI is InChI=1S/C17H29NO2/c1-14(2)17(8-11-20-16(3,4)13-17)7-9-18-12-15-6-5-10-19-15/h5-6,10,14,18H,7-9,11-13H2,1-4H3/p+1/t17-/m1/s1. The summed E-state index contributed by atoms with van der Waals surface area (Å²) in [5.74, 6) is 1.78. The van der Waals surface area contributed by atoms with Gasteiger partial charge in [0, 0.05) is 13.0 Å². The fourth-order valence-electron chi connectivity index (χ4n) is 3.58. The molecule has 2 N–H and O–H groups in total. The molecule has 0 bridgehead atoms. The van der Waals surface area contributed by atoms with Gasteiger partial charge in [0.15, 0.2) is 5.76 Å². The van der Waals surface area contributed by atoms with Gasteiger partial charge in [0.25, 0.3) is 0 Å². The highest BCUT2D eigenvalue weighted by molar-refractivity contribution is 4.95. The predicted molar refractivity (Wildman–Crippen MR) is 80.4 cm³/mol. The zero-order valence-electron chi connectivity index (χ0n) is 13.4. The van der Waals surface area contributed by atoms with Crippen molar-refractivity contribution in [3.05, 3.63) is 24.2 Å². The SMILES string of the molecule is CC(C)[C@]1(CC[NH2+]Cc2ccco2)CCOC(C)(C)C1. The molecule has 1 aromatic heterocycles. The molecule has 0 saturated carbocycles. The summed E-state index contributed by atoms with van der Waals surface area (Å²) in [7, 11) is 0. The van der Waals surface area contributed by atoms with Crippen molar-refractivity contribution in [2.24, 2.45) is 11.3 Å². The Labute approximate surface area is 123 Å². The van der Waals surface area contributed by atoms with Crippen molar-refractivity contribution in [1.82, 2.24) is 0 Å². The lowest BCUT2D eigenvalue weighted by molar-refractivity contribution is -0.674. The minimum atomic E-state index is 0.0313. The number of furan rings is 1. The van der Waals surface area contributed by atoms with Crippen molar-refractivity contribution in [3.63, 3.8) is 0 Å².